The fraction of sp³-hybridized carbons (Fsp3) is 1.00. The third-order valence-electron chi connectivity index (χ3n) is 6.64. The van der Waals surface area contributed by atoms with Gasteiger partial charge in [0.05, 0.1) is 0 Å². The Morgan fingerprint density at radius 2 is 1.23 bits per heavy atom. The lowest BCUT2D eigenvalue weighted by atomic mass is 9.54. The van der Waals surface area contributed by atoms with E-state index >= 15 is 0 Å². The Morgan fingerprint density at radius 1 is 0.769 bits per heavy atom. The summed E-state index contributed by atoms with van der Waals surface area (Å²) in [5.74, 6) is 0. The SMILES string of the molecule is CC(C)(C)N(C(C)(C)C)C1(C(N)(CCCCN)C(C)(C)C)CCCCC1. The molecule has 0 bridgehead atoms. The summed E-state index contributed by atoms with van der Waals surface area (Å²) in [6, 6.07) is 0. The van der Waals surface area contributed by atoms with E-state index in [0.29, 0.717) is 0 Å². The summed E-state index contributed by atoms with van der Waals surface area (Å²) in [5.41, 5.74) is 13.3. The van der Waals surface area contributed by atoms with Gasteiger partial charge in [0, 0.05) is 22.2 Å². The molecule has 0 aromatic rings. The molecule has 1 unspecified atom stereocenters. The van der Waals surface area contributed by atoms with E-state index in [0.717, 1.165) is 25.8 Å². The molecular weight excluding hydrogens is 318 g/mol. The molecule has 1 fully saturated rings. The van der Waals surface area contributed by atoms with Crippen LogP contribution in [0.2, 0.25) is 0 Å². The first-order valence-electron chi connectivity index (χ1n) is 10.9. The number of hydrogen-bond acceptors (Lipinski definition) is 3. The Bertz CT molecular complexity index is 416. The fourth-order valence-corrected chi connectivity index (χ4v) is 6.15. The summed E-state index contributed by atoms with van der Waals surface area (Å²) in [4.78, 5) is 2.81. The number of hydrogen-bond donors (Lipinski definition) is 2. The lowest BCUT2D eigenvalue weighted by Crippen LogP contribution is -2.79. The molecule has 1 saturated carbocycles. The maximum atomic E-state index is 7.54. The molecule has 0 aromatic carbocycles. The van der Waals surface area contributed by atoms with Crippen molar-refractivity contribution in [3.05, 3.63) is 0 Å². The summed E-state index contributed by atoms with van der Waals surface area (Å²) in [6.07, 6.45) is 9.56. The van der Waals surface area contributed by atoms with Crippen molar-refractivity contribution in [3.63, 3.8) is 0 Å². The van der Waals surface area contributed by atoms with Crippen molar-refractivity contribution in [2.75, 3.05) is 6.54 Å². The van der Waals surface area contributed by atoms with Gasteiger partial charge >= 0.3 is 0 Å². The van der Waals surface area contributed by atoms with Gasteiger partial charge in [-0.3, -0.25) is 4.90 Å². The van der Waals surface area contributed by atoms with E-state index < -0.39 is 0 Å². The number of nitrogens with zero attached hydrogens (tertiary/aromatic N) is 1. The standard InChI is InChI=1S/C23H49N3/c1-19(2,3)23(25,17-13-14-18-24)22(15-11-10-12-16-22)26(20(4,5)6)21(7,8)9/h10-18,24-25H2,1-9H3. The smallest absolute Gasteiger partial charge is 0.0404 e. The highest BCUT2D eigenvalue weighted by Crippen LogP contribution is 2.54. The topological polar surface area (TPSA) is 55.3 Å². The lowest BCUT2D eigenvalue weighted by molar-refractivity contribution is -0.148. The van der Waals surface area contributed by atoms with Gasteiger partial charge in [-0.05, 0) is 79.2 Å². The molecule has 156 valence electrons. The van der Waals surface area contributed by atoms with E-state index in [1.165, 1.54) is 32.1 Å². The highest BCUT2D eigenvalue weighted by molar-refractivity contribution is 5.19. The van der Waals surface area contributed by atoms with E-state index in [1.54, 1.807) is 0 Å². The first kappa shape index (κ1) is 23.9. The Morgan fingerprint density at radius 3 is 1.58 bits per heavy atom. The largest absolute Gasteiger partial charge is 0.330 e. The van der Waals surface area contributed by atoms with Crippen molar-refractivity contribution in [2.24, 2.45) is 16.9 Å². The minimum atomic E-state index is -0.240. The minimum Gasteiger partial charge on any atom is -0.330 e. The normalized spacial score (nSPS) is 21.7. The Balaban J connectivity index is 3.61. The van der Waals surface area contributed by atoms with Crippen LogP contribution >= 0.6 is 0 Å². The van der Waals surface area contributed by atoms with Crippen LogP contribution in [0, 0.1) is 5.41 Å². The average molecular weight is 368 g/mol. The summed E-state index contributed by atoms with van der Waals surface area (Å²) in [7, 11) is 0. The van der Waals surface area contributed by atoms with Gasteiger partial charge in [-0.2, -0.15) is 0 Å². The van der Waals surface area contributed by atoms with E-state index in [1.807, 2.05) is 0 Å². The van der Waals surface area contributed by atoms with Crippen LogP contribution in [0.3, 0.4) is 0 Å². The quantitative estimate of drug-likeness (QED) is 0.613. The zero-order valence-corrected chi connectivity index (χ0v) is 19.5. The lowest BCUT2D eigenvalue weighted by Gasteiger charge is -2.67. The monoisotopic (exact) mass is 367 g/mol. The molecule has 0 saturated heterocycles. The zero-order chi connectivity index (χ0) is 20.4. The van der Waals surface area contributed by atoms with Crippen molar-refractivity contribution in [1.29, 1.82) is 0 Å². The summed E-state index contributed by atoms with van der Waals surface area (Å²) in [5, 5.41) is 0. The second kappa shape index (κ2) is 8.09. The molecule has 0 aromatic heterocycles. The van der Waals surface area contributed by atoms with Crippen molar-refractivity contribution in [2.45, 2.75) is 136 Å². The van der Waals surface area contributed by atoms with E-state index in [-0.39, 0.29) is 27.6 Å². The predicted octanol–water partition coefficient (Wildman–Crippen LogP) is 5.46. The average Bonchev–Trinajstić information content (AvgIpc) is 2.43. The van der Waals surface area contributed by atoms with Gasteiger partial charge in [0.1, 0.15) is 0 Å². The maximum absolute atomic E-state index is 7.54. The molecule has 0 heterocycles. The second-order valence-electron chi connectivity index (χ2n) is 11.7. The molecule has 1 rings (SSSR count). The van der Waals surface area contributed by atoms with Gasteiger partial charge in [-0.25, -0.2) is 0 Å². The van der Waals surface area contributed by atoms with Crippen LogP contribution in [0.15, 0.2) is 0 Å². The Kier molecular flexibility index (Phi) is 7.44. The molecule has 3 nitrogen and oxygen atoms in total. The van der Waals surface area contributed by atoms with Gasteiger partial charge in [0.2, 0.25) is 0 Å². The number of rotatable bonds is 6. The van der Waals surface area contributed by atoms with E-state index in [2.05, 4.69) is 67.2 Å². The van der Waals surface area contributed by atoms with Gasteiger partial charge in [-0.1, -0.05) is 46.5 Å². The minimum absolute atomic E-state index is 0.0224. The summed E-state index contributed by atoms with van der Waals surface area (Å²) >= 11 is 0. The van der Waals surface area contributed by atoms with Crippen LogP contribution in [-0.2, 0) is 0 Å². The van der Waals surface area contributed by atoms with E-state index in [9.17, 15) is 0 Å². The molecule has 1 atom stereocenters. The molecule has 0 aliphatic heterocycles. The predicted molar refractivity (Wildman–Crippen MR) is 116 cm³/mol. The van der Waals surface area contributed by atoms with Gasteiger partial charge in [0.25, 0.3) is 0 Å². The highest BCUT2D eigenvalue weighted by atomic mass is 15.3. The van der Waals surface area contributed by atoms with Crippen LogP contribution in [-0.4, -0.2) is 33.6 Å². The second-order valence-corrected chi connectivity index (χ2v) is 11.7. The molecule has 1 aliphatic rings. The van der Waals surface area contributed by atoms with Crippen molar-refractivity contribution in [3.8, 4) is 0 Å². The Labute approximate surface area is 164 Å². The maximum Gasteiger partial charge on any atom is 0.0404 e. The fourth-order valence-electron chi connectivity index (χ4n) is 6.15. The van der Waals surface area contributed by atoms with Crippen molar-refractivity contribution in [1.82, 2.24) is 4.90 Å². The molecule has 0 spiro atoms. The Hall–Kier alpha value is -0.120. The summed E-state index contributed by atoms with van der Waals surface area (Å²) < 4.78 is 0. The van der Waals surface area contributed by atoms with Crippen LogP contribution in [0.5, 0.6) is 0 Å². The molecule has 26 heavy (non-hydrogen) atoms. The molecule has 0 amide bonds. The molecule has 1 aliphatic carbocycles. The highest BCUT2D eigenvalue weighted by Gasteiger charge is 2.61. The van der Waals surface area contributed by atoms with Crippen LogP contribution in [0.1, 0.15) is 114 Å². The number of nitrogens with two attached hydrogens (primary N) is 2. The van der Waals surface area contributed by atoms with Gasteiger partial charge < -0.3 is 11.5 Å². The zero-order valence-electron chi connectivity index (χ0n) is 19.5. The molecule has 3 heteroatoms. The van der Waals surface area contributed by atoms with Crippen LogP contribution in [0.4, 0.5) is 0 Å². The molecule has 4 N–H and O–H groups in total. The first-order valence-corrected chi connectivity index (χ1v) is 10.9. The molecular formula is C23H49N3. The van der Waals surface area contributed by atoms with Crippen molar-refractivity contribution < 1.29 is 0 Å². The van der Waals surface area contributed by atoms with Crippen molar-refractivity contribution >= 4 is 0 Å². The first-order chi connectivity index (χ1) is 11.6. The van der Waals surface area contributed by atoms with Gasteiger partial charge in [-0.15, -0.1) is 0 Å². The van der Waals surface area contributed by atoms with Crippen LogP contribution in [0.25, 0.3) is 0 Å². The van der Waals surface area contributed by atoms with E-state index in [4.69, 9.17) is 11.5 Å². The third kappa shape index (κ3) is 4.64. The third-order valence-corrected chi connectivity index (χ3v) is 6.64. The number of unbranched alkanes of at least 4 members (excludes halogenated alkanes) is 1. The molecule has 0 radical (unpaired) electrons. The summed E-state index contributed by atoms with van der Waals surface area (Å²) in [6.45, 7) is 22.1. The van der Waals surface area contributed by atoms with Gasteiger partial charge in [0.15, 0.2) is 0 Å². The van der Waals surface area contributed by atoms with Crippen LogP contribution < -0.4 is 11.5 Å².